The Bertz CT molecular complexity index is 495. The molecule has 2 aromatic heterocycles. The van der Waals surface area contributed by atoms with Crippen molar-refractivity contribution in [1.29, 1.82) is 0 Å². The summed E-state index contributed by atoms with van der Waals surface area (Å²) in [4.78, 5) is 14.6. The number of rotatable bonds is 3. The number of aromatic carboxylic acids is 1. The van der Waals surface area contributed by atoms with Crippen LogP contribution in [-0.4, -0.2) is 26.3 Å². The fraction of sp³-hybridized carbons (Fsp3) is 0.100. The highest BCUT2D eigenvalue weighted by Crippen LogP contribution is 2.22. The molecule has 1 unspecified atom stereocenters. The number of nitrogens with zero attached hydrogens (tertiary/aromatic N) is 2. The quantitative estimate of drug-likeness (QED) is 0.795. The van der Waals surface area contributed by atoms with Crippen molar-refractivity contribution in [3.63, 3.8) is 0 Å². The summed E-state index contributed by atoms with van der Waals surface area (Å²) in [6, 6.07) is 3.26. The number of carboxylic acid groups (broad SMARTS) is 1. The summed E-state index contributed by atoms with van der Waals surface area (Å²) in [6.07, 6.45) is 2.82. The maximum absolute atomic E-state index is 10.8. The van der Waals surface area contributed by atoms with Gasteiger partial charge in [0.1, 0.15) is 23.6 Å². The van der Waals surface area contributed by atoms with Crippen molar-refractivity contribution in [2.75, 3.05) is 0 Å². The van der Waals surface area contributed by atoms with Crippen molar-refractivity contribution in [2.24, 2.45) is 0 Å². The van der Waals surface area contributed by atoms with Gasteiger partial charge in [-0.25, -0.2) is 4.79 Å². The van der Waals surface area contributed by atoms with E-state index in [1.165, 1.54) is 6.20 Å². The van der Waals surface area contributed by atoms with Gasteiger partial charge in [-0.2, -0.15) is 0 Å². The zero-order valence-corrected chi connectivity index (χ0v) is 8.07. The van der Waals surface area contributed by atoms with Crippen LogP contribution in [0, 0.1) is 0 Å². The van der Waals surface area contributed by atoms with Crippen LogP contribution in [0.5, 0.6) is 0 Å². The molecule has 0 aliphatic rings. The summed E-state index contributed by atoms with van der Waals surface area (Å²) >= 11 is 0. The molecule has 0 bridgehead atoms. The first-order chi connectivity index (χ1) is 7.70. The highest BCUT2D eigenvalue weighted by Gasteiger charge is 2.22. The molecule has 2 N–H and O–H groups in total. The number of hydrogen-bond acceptors (Lipinski definition) is 5. The third-order valence-corrected chi connectivity index (χ3v) is 2.09. The van der Waals surface area contributed by atoms with E-state index in [4.69, 9.17) is 5.11 Å². The minimum absolute atomic E-state index is 0.0273. The van der Waals surface area contributed by atoms with Crippen molar-refractivity contribution >= 4 is 5.97 Å². The zero-order valence-electron chi connectivity index (χ0n) is 8.07. The van der Waals surface area contributed by atoms with Gasteiger partial charge in [-0.3, -0.25) is 4.98 Å². The van der Waals surface area contributed by atoms with Gasteiger partial charge in [0.15, 0.2) is 0 Å². The molecule has 0 fully saturated rings. The molecule has 1 atom stereocenters. The van der Waals surface area contributed by atoms with Gasteiger partial charge in [0.05, 0.1) is 0 Å². The minimum Gasteiger partial charge on any atom is -0.478 e. The fourth-order valence-corrected chi connectivity index (χ4v) is 1.30. The molecule has 2 heterocycles. The number of pyridine rings is 1. The lowest BCUT2D eigenvalue weighted by Gasteiger charge is -2.07. The van der Waals surface area contributed by atoms with Gasteiger partial charge in [-0.1, -0.05) is 11.2 Å². The van der Waals surface area contributed by atoms with Crippen LogP contribution in [0.4, 0.5) is 0 Å². The van der Waals surface area contributed by atoms with Crippen molar-refractivity contribution in [1.82, 2.24) is 10.1 Å². The standard InChI is InChI=1S/C10H8N2O4/c13-9(6-2-1-3-11-4-6)8-7(10(14)15)5-16-12-8/h1-5,9,13H,(H,14,15). The summed E-state index contributed by atoms with van der Waals surface area (Å²) in [5.74, 6) is -1.20. The van der Waals surface area contributed by atoms with Crippen molar-refractivity contribution in [2.45, 2.75) is 6.10 Å². The Labute approximate surface area is 90.2 Å². The lowest BCUT2D eigenvalue weighted by molar-refractivity contribution is 0.0691. The lowest BCUT2D eigenvalue weighted by Crippen LogP contribution is -2.07. The first-order valence-electron chi connectivity index (χ1n) is 4.45. The molecule has 0 aliphatic heterocycles. The molecule has 2 rings (SSSR count). The molecule has 0 amide bonds. The maximum Gasteiger partial charge on any atom is 0.341 e. The Morgan fingerprint density at radius 2 is 2.31 bits per heavy atom. The highest BCUT2D eigenvalue weighted by atomic mass is 16.5. The Balaban J connectivity index is 2.38. The van der Waals surface area contributed by atoms with E-state index in [9.17, 15) is 9.90 Å². The largest absolute Gasteiger partial charge is 0.478 e. The fourth-order valence-electron chi connectivity index (χ4n) is 1.30. The van der Waals surface area contributed by atoms with E-state index >= 15 is 0 Å². The van der Waals surface area contributed by atoms with Crippen LogP contribution in [0.1, 0.15) is 27.7 Å². The third-order valence-electron chi connectivity index (χ3n) is 2.09. The lowest BCUT2D eigenvalue weighted by atomic mass is 10.1. The second kappa shape index (κ2) is 4.11. The molecule has 2 aromatic rings. The number of aliphatic hydroxyl groups is 1. The molecule has 0 aliphatic carbocycles. The van der Waals surface area contributed by atoms with Crippen LogP contribution < -0.4 is 0 Å². The van der Waals surface area contributed by atoms with E-state index in [2.05, 4.69) is 14.7 Å². The molecule has 6 heteroatoms. The molecular weight excluding hydrogens is 212 g/mol. The predicted octanol–water partition coefficient (Wildman–Crippen LogP) is 0.849. The molecule has 0 saturated heterocycles. The first kappa shape index (κ1) is 10.3. The van der Waals surface area contributed by atoms with E-state index < -0.39 is 12.1 Å². The molecule has 16 heavy (non-hydrogen) atoms. The Morgan fingerprint density at radius 1 is 1.50 bits per heavy atom. The van der Waals surface area contributed by atoms with E-state index in [-0.39, 0.29) is 11.3 Å². The minimum atomic E-state index is -1.20. The molecule has 0 spiro atoms. The van der Waals surface area contributed by atoms with Crippen LogP contribution in [-0.2, 0) is 0 Å². The van der Waals surface area contributed by atoms with E-state index in [1.54, 1.807) is 18.3 Å². The summed E-state index contributed by atoms with van der Waals surface area (Å²) in [6.45, 7) is 0. The highest BCUT2D eigenvalue weighted by molar-refractivity contribution is 5.88. The van der Waals surface area contributed by atoms with E-state index in [1.807, 2.05) is 0 Å². The van der Waals surface area contributed by atoms with E-state index in [0.717, 1.165) is 6.26 Å². The zero-order chi connectivity index (χ0) is 11.5. The second-order valence-electron chi connectivity index (χ2n) is 3.11. The van der Waals surface area contributed by atoms with Gasteiger partial charge in [0.2, 0.25) is 0 Å². The van der Waals surface area contributed by atoms with Crippen molar-refractivity contribution in [3.05, 3.63) is 47.6 Å². The number of aromatic nitrogens is 2. The summed E-state index contributed by atoms with van der Waals surface area (Å²) in [5, 5.41) is 22.2. The van der Waals surface area contributed by atoms with Gasteiger partial charge >= 0.3 is 5.97 Å². The smallest absolute Gasteiger partial charge is 0.341 e. The maximum atomic E-state index is 10.8. The first-order valence-corrected chi connectivity index (χ1v) is 4.45. The molecular formula is C10H8N2O4. The van der Waals surface area contributed by atoms with Crippen LogP contribution in [0.25, 0.3) is 0 Å². The number of aliphatic hydroxyl groups excluding tert-OH is 1. The van der Waals surface area contributed by atoms with Gasteiger partial charge in [0.25, 0.3) is 0 Å². The Kier molecular flexibility index (Phi) is 2.65. The molecule has 0 radical (unpaired) electrons. The van der Waals surface area contributed by atoms with Gasteiger partial charge in [-0.15, -0.1) is 0 Å². The average molecular weight is 220 g/mol. The predicted molar refractivity (Wildman–Crippen MR) is 51.8 cm³/mol. The van der Waals surface area contributed by atoms with Crippen LogP contribution in [0.2, 0.25) is 0 Å². The van der Waals surface area contributed by atoms with Crippen LogP contribution in [0.3, 0.4) is 0 Å². The Morgan fingerprint density at radius 3 is 2.94 bits per heavy atom. The average Bonchev–Trinajstić information content (AvgIpc) is 2.78. The summed E-state index contributed by atoms with van der Waals surface area (Å²) < 4.78 is 4.54. The number of carbonyl (C=O) groups is 1. The van der Waals surface area contributed by atoms with Gasteiger partial charge < -0.3 is 14.7 Å². The number of hydrogen-bond donors (Lipinski definition) is 2. The van der Waals surface area contributed by atoms with E-state index in [0.29, 0.717) is 5.56 Å². The molecule has 0 aromatic carbocycles. The molecule has 0 saturated carbocycles. The van der Waals surface area contributed by atoms with Crippen LogP contribution in [0.15, 0.2) is 35.3 Å². The summed E-state index contributed by atoms with van der Waals surface area (Å²) in [5.41, 5.74) is 0.274. The van der Waals surface area contributed by atoms with Crippen molar-refractivity contribution < 1.29 is 19.5 Å². The molecule has 82 valence electrons. The Hall–Kier alpha value is -2.21. The monoisotopic (exact) mass is 220 g/mol. The van der Waals surface area contributed by atoms with Crippen molar-refractivity contribution in [3.8, 4) is 0 Å². The normalized spacial score (nSPS) is 12.3. The topological polar surface area (TPSA) is 96.5 Å². The van der Waals surface area contributed by atoms with Crippen LogP contribution >= 0.6 is 0 Å². The summed E-state index contributed by atoms with van der Waals surface area (Å²) in [7, 11) is 0. The van der Waals surface area contributed by atoms with Gasteiger partial charge in [-0.05, 0) is 6.07 Å². The van der Waals surface area contributed by atoms with Gasteiger partial charge in [0, 0.05) is 18.0 Å². The number of carboxylic acids is 1. The second-order valence-corrected chi connectivity index (χ2v) is 3.11. The molecule has 6 nitrogen and oxygen atoms in total. The SMILES string of the molecule is O=C(O)c1conc1C(O)c1cccnc1. The third kappa shape index (κ3) is 1.78.